The lowest BCUT2D eigenvalue weighted by atomic mass is 10.2. The minimum absolute atomic E-state index is 0.932. The molecule has 0 aromatic rings. The van der Waals surface area contributed by atoms with Crippen molar-refractivity contribution >= 4 is 0 Å². The van der Waals surface area contributed by atoms with Crippen LogP contribution in [-0.4, -0.2) is 0 Å². The normalized spacial score (nSPS) is 8.48. The van der Waals surface area contributed by atoms with Gasteiger partial charge in [0.1, 0.15) is 0 Å². The van der Waals surface area contributed by atoms with Gasteiger partial charge in [-0.1, -0.05) is 88.3 Å². The Hall–Kier alpha value is -1.56. The molecule has 0 heteroatoms. The van der Waals surface area contributed by atoms with Gasteiger partial charge in [-0.15, -0.1) is 19.7 Å². The predicted molar refractivity (Wildman–Crippen MR) is 116 cm³/mol. The second-order valence-corrected chi connectivity index (χ2v) is 4.57. The van der Waals surface area contributed by atoms with E-state index < -0.39 is 0 Å². The maximum Gasteiger partial charge on any atom is -0.0169 e. The number of hydrogen-bond acceptors (Lipinski definition) is 0. The van der Waals surface area contributed by atoms with Crippen LogP contribution in [0.25, 0.3) is 0 Å². The Labute approximate surface area is 149 Å². The maximum atomic E-state index is 3.79. The van der Waals surface area contributed by atoms with Crippen LogP contribution in [0.2, 0.25) is 0 Å². The minimum Gasteiger partial charge on any atom is -0.103 e. The topological polar surface area (TPSA) is 0 Å². The second-order valence-electron chi connectivity index (χ2n) is 4.57. The Balaban J connectivity index is -0.0000000747. The highest BCUT2D eigenvalue weighted by Gasteiger charge is 1.80. The molecular formula is C23H44. The number of rotatable bonds is 5. The highest BCUT2D eigenvalue weighted by atomic mass is 13.9. The molecule has 0 rings (SSSR count). The molecule has 0 saturated carbocycles. The van der Waals surface area contributed by atoms with E-state index in [-0.39, 0.29) is 0 Å². The zero-order valence-corrected chi connectivity index (χ0v) is 17.6. The maximum absolute atomic E-state index is 3.79. The standard InChI is InChI=1S/C11H16.2C4H8.2C2H6/c1-5-6-7-8-11(4)9-10(2)3;1-4(2)3;1-3-4-2;2*1-2/h5,7-9H,1-2,6H2,3-4H3;1H2,2-3H3;3H,1,4H2,2H3;2*1-2H3/b8-7-,11-9-;;;;. The Morgan fingerprint density at radius 3 is 1.39 bits per heavy atom. The van der Waals surface area contributed by atoms with Crippen LogP contribution in [0.1, 0.15) is 75.2 Å². The molecule has 0 radical (unpaired) electrons. The van der Waals surface area contributed by atoms with E-state index in [2.05, 4.69) is 58.4 Å². The van der Waals surface area contributed by atoms with Crippen LogP contribution in [0.3, 0.4) is 0 Å². The summed E-state index contributed by atoms with van der Waals surface area (Å²) in [5, 5.41) is 0. The summed E-state index contributed by atoms with van der Waals surface area (Å²) >= 11 is 0. The van der Waals surface area contributed by atoms with Crippen molar-refractivity contribution in [3.8, 4) is 0 Å². The molecule has 0 unspecified atom stereocenters. The predicted octanol–water partition coefficient (Wildman–Crippen LogP) is 8.86. The summed E-state index contributed by atoms with van der Waals surface area (Å²) in [6.45, 7) is 32.5. The zero-order valence-electron chi connectivity index (χ0n) is 17.6. The van der Waals surface area contributed by atoms with Crippen molar-refractivity contribution in [2.45, 2.75) is 75.2 Å². The van der Waals surface area contributed by atoms with E-state index in [1.54, 1.807) is 0 Å². The van der Waals surface area contributed by atoms with Gasteiger partial charge in [0.05, 0.1) is 0 Å². The molecule has 0 saturated heterocycles. The number of allylic oxidation sites excluding steroid dienone is 8. The highest BCUT2D eigenvalue weighted by molar-refractivity contribution is 5.25. The summed E-state index contributed by atoms with van der Waals surface area (Å²) in [5.74, 6) is 0. The molecule has 0 spiro atoms. The van der Waals surface area contributed by atoms with E-state index in [9.17, 15) is 0 Å². The molecule has 0 aromatic heterocycles. The molecular weight excluding hydrogens is 276 g/mol. The monoisotopic (exact) mass is 320 g/mol. The van der Waals surface area contributed by atoms with Crippen LogP contribution in [0.4, 0.5) is 0 Å². The van der Waals surface area contributed by atoms with Gasteiger partial charge in [0, 0.05) is 0 Å². The van der Waals surface area contributed by atoms with Crippen LogP contribution in [0.15, 0.2) is 73.4 Å². The third-order valence-corrected chi connectivity index (χ3v) is 1.45. The largest absolute Gasteiger partial charge is 0.103 e. The quantitative estimate of drug-likeness (QED) is 0.350. The van der Waals surface area contributed by atoms with Gasteiger partial charge in [0.2, 0.25) is 0 Å². The first-order valence-corrected chi connectivity index (χ1v) is 8.65. The summed E-state index contributed by atoms with van der Waals surface area (Å²) in [6, 6.07) is 0. The molecule has 0 aromatic carbocycles. The fourth-order valence-corrected chi connectivity index (χ4v) is 0.787. The van der Waals surface area contributed by atoms with Crippen molar-refractivity contribution in [2.24, 2.45) is 0 Å². The molecule has 0 atom stereocenters. The van der Waals surface area contributed by atoms with Gasteiger partial charge >= 0.3 is 0 Å². The van der Waals surface area contributed by atoms with Crippen molar-refractivity contribution in [3.05, 3.63) is 73.4 Å². The second kappa shape index (κ2) is 37.0. The molecule has 0 aliphatic carbocycles. The van der Waals surface area contributed by atoms with Gasteiger partial charge in [0.25, 0.3) is 0 Å². The first-order chi connectivity index (χ1) is 10.8. The molecule has 0 bridgehead atoms. The van der Waals surface area contributed by atoms with Crippen LogP contribution < -0.4 is 0 Å². The van der Waals surface area contributed by atoms with E-state index in [1.807, 2.05) is 60.6 Å². The van der Waals surface area contributed by atoms with Gasteiger partial charge in [-0.05, 0) is 40.5 Å². The summed E-state index contributed by atoms with van der Waals surface area (Å²) in [6.07, 6.45) is 12.0. The Kier molecular flexibility index (Phi) is 53.4. The summed E-state index contributed by atoms with van der Waals surface area (Å²) in [7, 11) is 0. The summed E-state index contributed by atoms with van der Waals surface area (Å²) < 4.78 is 0. The first-order valence-electron chi connectivity index (χ1n) is 8.65. The van der Waals surface area contributed by atoms with E-state index in [1.165, 1.54) is 11.1 Å². The minimum atomic E-state index is 0.932. The third kappa shape index (κ3) is 97.6. The molecule has 0 heterocycles. The molecule has 0 aliphatic heterocycles. The smallest absolute Gasteiger partial charge is 0.0169 e. The Morgan fingerprint density at radius 1 is 0.826 bits per heavy atom. The summed E-state index contributed by atoms with van der Waals surface area (Å²) in [5.41, 5.74) is 3.49. The van der Waals surface area contributed by atoms with E-state index in [0.717, 1.165) is 18.4 Å². The lowest BCUT2D eigenvalue weighted by Crippen LogP contribution is -1.69. The van der Waals surface area contributed by atoms with Gasteiger partial charge in [0.15, 0.2) is 0 Å². The molecule has 0 aliphatic rings. The van der Waals surface area contributed by atoms with Gasteiger partial charge in [-0.3, -0.25) is 0 Å². The lowest BCUT2D eigenvalue weighted by Gasteiger charge is -1.90. The van der Waals surface area contributed by atoms with Crippen LogP contribution in [-0.2, 0) is 0 Å². The number of hydrogen-bond donors (Lipinski definition) is 0. The van der Waals surface area contributed by atoms with Crippen molar-refractivity contribution in [3.63, 3.8) is 0 Å². The molecule has 0 fully saturated rings. The fourth-order valence-electron chi connectivity index (χ4n) is 0.787. The van der Waals surface area contributed by atoms with Crippen LogP contribution >= 0.6 is 0 Å². The molecule has 0 nitrogen and oxygen atoms in total. The fraction of sp³-hybridized carbons (Fsp3) is 0.478. The van der Waals surface area contributed by atoms with Crippen molar-refractivity contribution in [1.29, 1.82) is 0 Å². The average Bonchev–Trinajstić information content (AvgIpc) is 2.50. The highest BCUT2D eigenvalue weighted by Crippen LogP contribution is 2.01. The van der Waals surface area contributed by atoms with Gasteiger partial charge in [-0.25, -0.2) is 0 Å². The third-order valence-electron chi connectivity index (χ3n) is 1.45. The van der Waals surface area contributed by atoms with Crippen molar-refractivity contribution in [1.82, 2.24) is 0 Å². The molecule has 23 heavy (non-hydrogen) atoms. The first kappa shape index (κ1) is 33.1. The van der Waals surface area contributed by atoms with Gasteiger partial charge < -0.3 is 0 Å². The van der Waals surface area contributed by atoms with E-state index >= 15 is 0 Å². The molecule has 0 N–H and O–H groups in total. The summed E-state index contributed by atoms with van der Waals surface area (Å²) in [4.78, 5) is 0. The van der Waals surface area contributed by atoms with E-state index in [0.29, 0.717) is 0 Å². The van der Waals surface area contributed by atoms with E-state index in [4.69, 9.17) is 0 Å². The SMILES string of the molecule is C=C(C)C.C=CC/C=C\C(C)=C/C(=C)C.C=CCC.CC.CC. The molecule has 136 valence electrons. The zero-order chi connectivity index (χ0) is 19.7. The Morgan fingerprint density at radius 2 is 1.17 bits per heavy atom. The average molecular weight is 321 g/mol. The van der Waals surface area contributed by atoms with Gasteiger partial charge in [-0.2, -0.15) is 0 Å². The lowest BCUT2D eigenvalue weighted by molar-refractivity contribution is 1.23. The van der Waals surface area contributed by atoms with Crippen LogP contribution in [0, 0.1) is 0 Å². The van der Waals surface area contributed by atoms with Crippen molar-refractivity contribution in [2.75, 3.05) is 0 Å². The van der Waals surface area contributed by atoms with Crippen molar-refractivity contribution < 1.29 is 0 Å². The van der Waals surface area contributed by atoms with Crippen LogP contribution in [0.5, 0.6) is 0 Å². The Bertz CT molecular complexity index is 307. The molecule has 0 amide bonds.